The Morgan fingerprint density at radius 2 is 0.979 bits per heavy atom. The Labute approximate surface area is 279 Å². The Morgan fingerprint density at radius 3 is 1.79 bits per heavy atom. The topological polar surface area (TPSA) is 16.4 Å². The molecule has 0 saturated heterocycles. The van der Waals surface area contributed by atoms with E-state index in [1.807, 2.05) is 0 Å². The number of rotatable bonds is 6. The van der Waals surface area contributed by atoms with Crippen LogP contribution in [0.2, 0.25) is 0 Å². The largest absolute Gasteiger partial charge is 0.455 e. The van der Waals surface area contributed by atoms with Gasteiger partial charge in [-0.1, -0.05) is 133 Å². The minimum atomic E-state index is 0.898. The maximum atomic E-state index is 6.44. The first kappa shape index (κ1) is 27.9. The van der Waals surface area contributed by atoms with E-state index in [-0.39, 0.29) is 0 Å². The quantitative estimate of drug-likeness (QED) is 0.185. The molecule has 0 radical (unpaired) electrons. The number of hydrogen-bond donors (Lipinski definition) is 0. The van der Waals surface area contributed by atoms with E-state index in [1.165, 1.54) is 27.6 Å². The number of para-hydroxylation sites is 2. The third-order valence-electron chi connectivity index (χ3n) is 9.26. The number of benzene rings is 8. The monoisotopic (exact) mass is 613 g/mol. The standard InChI is InChI=1S/C46H31NO/c1-3-12-32(13-4-1)35-15-11-16-36(30-35)33-22-26-39(27-23-33)47(38-17-5-2-6-18-38)44-21-10-9-19-40(44)37-25-29-45-43(31-37)42-28-24-34-14-7-8-20-41(34)46(42)48-45/h1-31H. The molecular weight excluding hydrogens is 583 g/mol. The highest BCUT2D eigenvalue weighted by atomic mass is 16.3. The molecule has 0 bridgehead atoms. The summed E-state index contributed by atoms with van der Waals surface area (Å²) in [6.07, 6.45) is 0. The van der Waals surface area contributed by atoms with Crippen LogP contribution >= 0.6 is 0 Å². The molecule has 226 valence electrons. The van der Waals surface area contributed by atoms with Crippen LogP contribution in [-0.4, -0.2) is 0 Å². The van der Waals surface area contributed by atoms with Crippen LogP contribution < -0.4 is 4.90 Å². The van der Waals surface area contributed by atoms with E-state index in [2.05, 4.69) is 193 Å². The lowest BCUT2D eigenvalue weighted by atomic mass is 9.98. The minimum absolute atomic E-state index is 0.898. The van der Waals surface area contributed by atoms with Gasteiger partial charge >= 0.3 is 0 Å². The van der Waals surface area contributed by atoms with Crippen molar-refractivity contribution in [3.05, 3.63) is 188 Å². The molecule has 2 nitrogen and oxygen atoms in total. The highest BCUT2D eigenvalue weighted by Gasteiger charge is 2.18. The molecule has 0 N–H and O–H groups in total. The molecule has 0 atom stereocenters. The molecular formula is C46H31NO. The van der Waals surface area contributed by atoms with Gasteiger partial charge in [0.25, 0.3) is 0 Å². The van der Waals surface area contributed by atoms with Gasteiger partial charge in [-0.15, -0.1) is 0 Å². The predicted octanol–water partition coefficient (Wildman–Crippen LogP) is 13.2. The fraction of sp³-hybridized carbons (Fsp3) is 0. The zero-order chi connectivity index (χ0) is 31.9. The van der Waals surface area contributed by atoms with Gasteiger partial charge in [-0.05, 0) is 87.8 Å². The third-order valence-corrected chi connectivity index (χ3v) is 9.26. The van der Waals surface area contributed by atoms with Crippen LogP contribution in [0.3, 0.4) is 0 Å². The highest BCUT2D eigenvalue weighted by Crippen LogP contribution is 2.43. The van der Waals surface area contributed by atoms with E-state index in [9.17, 15) is 0 Å². The fourth-order valence-corrected chi connectivity index (χ4v) is 6.90. The second-order valence-corrected chi connectivity index (χ2v) is 12.2. The minimum Gasteiger partial charge on any atom is -0.455 e. The molecule has 0 amide bonds. The second kappa shape index (κ2) is 11.8. The van der Waals surface area contributed by atoms with E-state index < -0.39 is 0 Å². The normalized spacial score (nSPS) is 11.3. The molecule has 0 spiro atoms. The highest BCUT2D eigenvalue weighted by molar-refractivity contribution is 6.15. The van der Waals surface area contributed by atoms with Crippen molar-refractivity contribution in [3.8, 4) is 33.4 Å². The summed E-state index contributed by atoms with van der Waals surface area (Å²) in [5.74, 6) is 0. The van der Waals surface area contributed by atoms with Gasteiger partial charge in [0.2, 0.25) is 0 Å². The molecule has 0 aliphatic heterocycles. The lowest BCUT2D eigenvalue weighted by Crippen LogP contribution is -2.11. The van der Waals surface area contributed by atoms with Crippen LogP contribution in [0.15, 0.2) is 192 Å². The number of fused-ring (bicyclic) bond motifs is 5. The molecule has 0 unspecified atom stereocenters. The van der Waals surface area contributed by atoms with Crippen molar-refractivity contribution in [1.29, 1.82) is 0 Å². The van der Waals surface area contributed by atoms with Crippen molar-refractivity contribution in [1.82, 2.24) is 0 Å². The van der Waals surface area contributed by atoms with Gasteiger partial charge in [0, 0.05) is 33.1 Å². The summed E-state index contributed by atoms with van der Waals surface area (Å²) in [4.78, 5) is 2.35. The maximum absolute atomic E-state index is 6.44. The Balaban J connectivity index is 1.14. The zero-order valence-electron chi connectivity index (χ0n) is 26.3. The molecule has 9 rings (SSSR count). The van der Waals surface area contributed by atoms with Crippen LogP contribution in [0.25, 0.3) is 66.1 Å². The van der Waals surface area contributed by atoms with E-state index in [0.717, 1.165) is 55.5 Å². The van der Waals surface area contributed by atoms with Crippen LogP contribution in [-0.2, 0) is 0 Å². The number of anilines is 3. The molecule has 1 heterocycles. The van der Waals surface area contributed by atoms with Crippen molar-refractivity contribution < 1.29 is 4.42 Å². The van der Waals surface area contributed by atoms with Gasteiger partial charge in [-0.2, -0.15) is 0 Å². The zero-order valence-corrected chi connectivity index (χ0v) is 26.3. The lowest BCUT2D eigenvalue weighted by molar-refractivity contribution is 0.672. The number of furan rings is 1. The predicted molar refractivity (Wildman–Crippen MR) is 202 cm³/mol. The van der Waals surface area contributed by atoms with Crippen molar-refractivity contribution >= 4 is 49.8 Å². The first-order valence-corrected chi connectivity index (χ1v) is 16.3. The van der Waals surface area contributed by atoms with Crippen molar-refractivity contribution in [2.24, 2.45) is 0 Å². The van der Waals surface area contributed by atoms with E-state index >= 15 is 0 Å². The first-order valence-electron chi connectivity index (χ1n) is 16.3. The first-order chi connectivity index (χ1) is 23.8. The molecule has 48 heavy (non-hydrogen) atoms. The van der Waals surface area contributed by atoms with Gasteiger partial charge in [0.15, 0.2) is 0 Å². The molecule has 2 heteroatoms. The van der Waals surface area contributed by atoms with Gasteiger partial charge in [-0.25, -0.2) is 0 Å². The van der Waals surface area contributed by atoms with E-state index in [4.69, 9.17) is 4.42 Å². The van der Waals surface area contributed by atoms with Gasteiger partial charge in [0.1, 0.15) is 11.2 Å². The molecule has 0 aliphatic carbocycles. The van der Waals surface area contributed by atoms with Gasteiger partial charge in [-0.3, -0.25) is 0 Å². The van der Waals surface area contributed by atoms with E-state index in [1.54, 1.807) is 0 Å². The molecule has 8 aromatic carbocycles. The second-order valence-electron chi connectivity index (χ2n) is 12.2. The Kier molecular flexibility index (Phi) is 6.84. The van der Waals surface area contributed by atoms with Crippen molar-refractivity contribution in [3.63, 3.8) is 0 Å². The van der Waals surface area contributed by atoms with Crippen LogP contribution in [0.5, 0.6) is 0 Å². The average Bonchev–Trinajstić information content (AvgIpc) is 3.55. The smallest absolute Gasteiger partial charge is 0.143 e. The molecule has 9 aromatic rings. The molecule has 0 aliphatic rings. The summed E-state index contributed by atoms with van der Waals surface area (Å²) in [5, 5.41) is 4.58. The van der Waals surface area contributed by atoms with E-state index in [0.29, 0.717) is 0 Å². The average molecular weight is 614 g/mol. The molecule has 0 fully saturated rings. The van der Waals surface area contributed by atoms with Crippen molar-refractivity contribution in [2.75, 3.05) is 4.90 Å². The van der Waals surface area contributed by atoms with Gasteiger partial charge in [0.05, 0.1) is 5.69 Å². The summed E-state index contributed by atoms with van der Waals surface area (Å²) < 4.78 is 6.44. The molecule has 0 saturated carbocycles. The Hall–Kier alpha value is -6.38. The summed E-state index contributed by atoms with van der Waals surface area (Å²) in [7, 11) is 0. The van der Waals surface area contributed by atoms with Crippen molar-refractivity contribution in [2.45, 2.75) is 0 Å². The lowest BCUT2D eigenvalue weighted by Gasteiger charge is -2.28. The summed E-state index contributed by atoms with van der Waals surface area (Å²) in [5.41, 5.74) is 12.3. The summed E-state index contributed by atoms with van der Waals surface area (Å²) in [6.45, 7) is 0. The number of hydrogen-bond acceptors (Lipinski definition) is 2. The summed E-state index contributed by atoms with van der Waals surface area (Å²) >= 11 is 0. The maximum Gasteiger partial charge on any atom is 0.143 e. The fourth-order valence-electron chi connectivity index (χ4n) is 6.90. The number of nitrogens with zero attached hydrogens (tertiary/aromatic N) is 1. The Bertz CT molecular complexity index is 2550. The summed E-state index contributed by atoms with van der Waals surface area (Å²) in [6, 6.07) is 66.9. The molecule has 1 aromatic heterocycles. The van der Waals surface area contributed by atoms with Crippen LogP contribution in [0.1, 0.15) is 0 Å². The van der Waals surface area contributed by atoms with Crippen LogP contribution in [0, 0.1) is 0 Å². The van der Waals surface area contributed by atoms with Crippen LogP contribution in [0.4, 0.5) is 17.1 Å². The third kappa shape index (κ3) is 4.92. The SMILES string of the molecule is c1ccc(-c2cccc(-c3ccc(N(c4ccccc4)c4ccccc4-c4ccc5oc6c7ccccc7ccc6c5c4)cc3)c2)cc1. The Morgan fingerprint density at radius 1 is 0.354 bits per heavy atom. The van der Waals surface area contributed by atoms with Gasteiger partial charge < -0.3 is 9.32 Å².